The van der Waals surface area contributed by atoms with Gasteiger partial charge in [-0.05, 0) is 42.6 Å². The number of rotatable bonds is 7. The molecule has 9 heteroatoms. The maximum absolute atomic E-state index is 12.2. The monoisotopic (exact) mass is 413 g/mol. The van der Waals surface area contributed by atoms with Gasteiger partial charge in [0.15, 0.2) is 6.61 Å². The summed E-state index contributed by atoms with van der Waals surface area (Å²) in [5.41, 5.74) is 2.16. The molecule has 3 heterocycles. The standard InChI is InChI=1S/C19H15N3O4S2/c1-12-20-15(11-28-12)8-24-16-4-2-13(3-5-16)19(23)25-9-17-21-18(22-26-17)14-6-7-27-10-14/h2-7,10-11H,8-9H2,1H3. The Hall–Kier alpha value is -3.04. The quantitative estimate of drug-likeness (QED) is 0.412. The molecule has 0 amide bonds. The summed E-state index contributed by atoms with van der Waals surface area (Å²) < 4.78 is 16.0. The van der Waals surface area contributed by atoms with E-state index in [1.807, 2.05) is 29.1 Å². The molecule has 0 fully saturated rings. The summed E-state index contributed by atoms with van der Waals surface area (Å²) in [5, 5.41) is 10.7. The average molecular weight is 413 g/mol. The van der Waals surface area contributed by atoms with Crippen LogP contribution in [0.25, 0.3) is 11.4 Å². The molecule has 3 aromatic heterocycles. The maximum atomic E-state index is 12.2. The Labute approximate surface area is 168 Å². The van der Waals surface area contributed by atoms with Crippen LogP contribution in [0.3, 0.4) is 0 Å². The van der Waals surface area contributed by atoms with Crippen molar-refractivity contribution in [3.63, 3.8) is 0 Å². The number of benzene rings is 1. The van der Waals surface area contributed by atoms with E-state index in [4.69, 9.17) is 14.0 Å². The van der Waals surface area contributed by atoms with Gasteiger partial charge in [-0.25, -0.2) is 9.78 Å². The second-order valence-electron chi connectivity index (χ2n) is 5.77. The SMILES string of the molecule is Cc1nc(COc2ccc(C(=O)OCc3nc(-c4ccsc4)no3)cc2)cs1. The third kappa shape index (κ3) is 4.44. The number of nitrogens with zero attached hydrogens (tertiary/aromatic N) is 3. The number of thiophene rings is 1. The zero-order valence-electron chi connectivity index (χ0n) is 14.8. The lowest BCUT2D eigenvalue weighted by atomic mass is 10.2. The summed E-state index contributed by atoms with van der Waals surface area (Å²) >= 11 is 3.12. The van der Waals surface area contributed by atoms with Crippen LogP contribution in [0.1, 0.15) is 27.0 Å². The maximum Gasteiger partial charge on any atom is 0.338 e. The van der Waals surface area contributed by atoms with Crippen molar-refractivity contribution < 1.29 is 18.8 Å². The number of ether oxygens (including phenoxy) is 2. The lowest BCUT2D eigenvalue weighted by Gasteiger charge is -2.06. The summed E-state index contributed by atoms with van der Waals surface area (Å²) in [5.74, 6) is 0.897. The van der Waals surface area contributed by atoms with Crippen LogP contribution in [0.5, 0.6) is 5.75 Å². The molecule has 0 aliphatic rings. The minimum absolute atomic E-state index is 0.0859. The van der Waals surface area contributed by atoms with E-state index in [0.29, 0.717) is 23.7 Å². The van der Waals surface area contributed by atoms with E-state index in [2.05, 4.69) is 15.1 Å². The summed E-state index contributed by atoms with van der Waals surface area (Å²) in [6.07, 6.45) is 0. The van der Waals surface area contributed by atoms with Gasteiger partial charge in [0.2, 0.25) is 5.82 Å². The molecule has 0 bridgehead atoms. The number of carbonyl (C=O) groups is 1. The summed E-state index contributed by atoms with van der Waals surface area (Å²) in [7, 11) is 0. The number of aryl methyl sites for hydroxylation is 1. The number of aromatic nitrogens is 3. The lowest BCUT2D eigenvalue weighted by molar-refractivity contribution is 0.0430. The number of thiazole rings is 1. The van der Waals surface area contributed by atoms with Crippen LogP contribution in [-0.2, 0) is 18.0 Å². The molecule has 0 saturated carbocycles. The van der Waals surface area contributed by atoms with Gasteiger partial charge in [-0.3, -0.25) is 0 Å². The first-order valence-corrected chi connectivity index (χ1v) is 10.2. The van der Waals surface area contributed by atoms with Crippen molar-refractivity contribution in [1.29, 1.82) is 0 Å². The smallest absolute Gasteiger partial charge is 0.338 e. The second kappa shape index (κ2) is 8.32. The Balaban J connectivity index is 1.30. The highest BCUT2D eigenvalue weighted by Crippen LogP contribution is 2.19. The van der Waals surface area contributed by atoms with E-state index in [9.17, 15) is 4.79 Å². The molecule has 0 spiro atoms. The van der Waals surface area contributed by atoms with Gasteiger partial charge in [0, 0.05) is 16.3 Å². The molecule has 4 rings (SSSR count). The van der Waals surface area contributed by atoms with Gasteiger partial charge in [0.25, 0.3) is 5.89 Å². The van der Waals surface area contributed by atoms with Crippen molar-refractivity contribution in [2.45, 2.75) is 20.1 Å². The molecule has 0 aliphatic heterocycles. The molecule has 0 unspecified atom stereocenters. The molecule has 0 aliphatic carbocycles. The van der Waals surface area contributed by atoms with Crippen molar-refractivity contribution in [3.8, 4) is 17.1 Å². The van der Waals surface area contributed by atoms with Gasteiger partial charge in [0.05, 0.1) is 16.3 Å². The number of esters is 1. The van der Waals surface area contributed by atoms with Crippen molar-refractivity contribution in [1.82, 2.24) is 15.1 Å². The van der Waals surface area contributed by atoms with Crippen molar-refractivity contribution in [2.24, 2.45) is 0 Å². The van der Waals surface area contributed by atoms with Crippen LogP contribution in [0.2, 0.25) is 0 Å². The average Bonchev–Trinajstić information content (AvgIpc) is 3.46. The van der Waals surface area contributed by atoms with Crippen molar-refractivity contribution in [3.05, 3.63) is 68.6 Å². The van der Waals surface area contributed by atoms with Crippen LogP contribution >= 0.6 is 22.7 Å². The predicted molar refractivity (Wildman–Crippen MR) is 104 cm³/mol. The molecule has 4 aromatic rings. The first kappa shape index (κ1) is 18.3. The van der Waals surface area contributed by atoms with E-state index in [-0.39, 0.29) is 12.5 Å². The van der Waals surface area contributed by atoms with Crippen LogP contribution in [0.4, 0.5) is 0 Å². The Kier molecular flexibility index (Phi) is 5.45. The largest absolute Gasteiger partial charge is 0.487 e. The van der Waals surface area contributed by atoms with Gasteiger partial charge in [-0.2, -0.15) is 16.3 Å². The third-order valence-corrected chi connectivity index (χ3v) is 5.22. The van der Waals surface area contributed by atoms with Gasteiger partial charge < -0.3 is 14.0 Å². The zero-order chi connectivity index (χ0) is 19.3. The second-order valence-corrected chi connectivity index (χ2v) is 7.61. The van der Waals surface area contributed by atoms with Crippen LogP contribution in [0.15, 0.2) is 51.0 Å². The molecular weight excluding hydrogens is 398 g/mol. The van der Waals surface area contributed by atoms with E-state index in [1.165, 1.54) is 0 Å². The number of carbonyl (C=O) groups excluding carboxylic acids is 1. The highest BCUT2D eigenvalue weighted by molar-refractivity contribution is 7.09. The van der Waals surface area contributed by atoms with E-state index >= 15 is 0 Å². The van der Waals surface area contributed by atoms with Crippen LogP contribution in [-0.4, -0.2) is 21.1 Å². The Bertz CT molecular complexity index is 1060. The summed E-state index contributed by atoms with van der Waals surface area (Å²) in [6, 6.07) is 8.63. The number of hydrogen-bond donors (Lipinski definition) is 0. The lowest BCUT2D eigenvalue weighted by Crippen LogP contribution is -2.05. The minimum Gasteiger partial charge on any atom is -0.487 e. The molecule has 1 aromatic carbocycles. The minimum atomic E-state index is -0.475. The van der Waals surface area contributed by atoms with Gasteiger partial charge >= 0.3 is 5.97 Å². The van der Waals surface area contributed by atoms with Gasteiger partial charge in [-0.1, -0.05) is 5.16 Å². The zero-order valence-corrected chi connectivity index (χ0v) is 16.5. The molecule has 7 nitrogen and oxygen atoms in total. The van der Waals surface area contributed by atoms with Crippen LogP contribution < -0.4 is 4.74 Å². The topological polar surface area (TPSA) is 87.3 Å². The van der Waals surface area contributed by atoms with Crippen molar-refractivity contribution in [2.75, 3.05) is 0 Å². The molecule has 0 saturated heterocycles. The van der Waals surface area contributed by atoms with E-state index in [1.54, 1.807) is 46.9 Å². The molecular formula is C19H15N3O4S2. The fourth-order valence-electron chi connectivity index (χ4n) is 2.35. The highest BCUT2D eigenvalue weighted by Gasteiger charge is 2.13. The fraction of sp³-hybridized carbons (Fsp3) is 0.158. The molecule has 0 radical (unpaired) electrons. The van der Waals surface area contributed by atoms with E-state index < -0.39 is 5.97 Å². The Morgan fingerprint density at radius 3 is 2.68 bits per heavy atom. The molecule has 142 valence electrons. The summed E-state index contributed by atoms with van der Waals surface area (Å²) in [6.45, 7) is 2.25. The van der Waals surface area contributed by atoms with Gasteiger partial charge in [-0.15, -0.1) is 11.3 Å². The Morgan fingerprint density at radius 1 is 1.11 bits per heavy atom. The third-order valence-electron chi connectivity index (χ3n) is 3.72. The molecule has 0 atom stereocenters. The van der Waals surface area contributed by atoms with E-state index in [0.717, 1.165) is 16.3 Å². The Morgan fingerprint density at radius 2 is 1.96 bits per heavy atom. The fourth-order valence-corrected chi connectivity index (χ4v) is 3.58. The normalized spacial score (nSPS) is 10.8. The van der Waals surface area contributed by atoms with Gasteiger partial charge in [0.1, 0.15) is 12.4 Å². The molecule has 28 heavy (non-hydrogen) atoms. The van der Waals surface area contributed by atoms with Crippen molar-refractivity contribution >= 4 is 28.6 Å². The van der Waals surface area contributed by atoms with Crippen LogP contribution in [0, 0.1) is 6.92 Å². The first-order valence-electron chi connectivity index (χ1n) is 8.33. The molecule has 0 N–H and O–H groups in total. The highest BCUT2D eigenvalue weighted by atomic mass is 32.1. The predicted octanol–water partition coefficient (Wildman–Crippen LogP) is 4.50. The number of hydrogen-bond acceptors (Lipinski definition) is 9. The first-order chi connectivity index (χ1) is 13.7. The summed E-state index contributed by atoms with van der Waals surface area (Å²) in [4.78, 5) is 20.7.